The fourth-order valence-corrected chi connectivity index (χ4v) is 5.54. The number of hydrogen-bond donors (Lipinski definition) is 0. The van der Waals surface area contributed by atoms with Crippen LogP contribution in [0.15, 0.2) is 99.1 Å². The molecule has 0 aliphatic carbocycles. The summed E-state index contributed by atoms with van der Waals surface area (Å²) in [5, 5.41) is 1.20. The van der Waals surface area contributed by atoms with E-state index in [1.54, 1.807) is 11.8 Å². The van der Waals surface area contributed by atoms with Crippen molar-refractivity contribution < 1.29 is 4.42 Å². The molecule has 112 valence electrons. The van der Waals surface area contributed by atoms with E-state index in [2.05, 4.69) is 72.8 Å². The third-order valence-electron chi connectivity index (χ3n) is 3.44. The molecular formula is C20H14OSSe. The van der Waals surface area contributed by atoms with E-state index in [-0.39, 0.29) is 15.0 Å². The van der Waals surface area contributed by atoms with Crippen molar-refractivity contribution in [3.8, 4) is 0 Å². The van der Waals surface area contributed by atoms with Gasteiger partial charge in [0.1, 0.15) is 0 Å². The first-order chi connectivity index (χ1) is 11.4. The van der Waals surface area contributed by atoms with Gasteiger partial charge in [-0.1, -0.05) is 0 Å². The summed E-state index contributed by atoms with van der Waals surface area (Å²) in [5.74, 6) is 0. The average Bonchev–Trinajstić information content (AvgIpc) is 2.94. The molecule has 0 spiro atoms. The van der Waals surface area contributed by atoms with Gasteiger partial charge in [-0.05, 0) is 0 Å². The van der Waals surface area contributed by atoms with E-state index in [0.717, 1.165) is 10.2 Å². The first-order valence-corrected chi connectivity index (χ1v) is 9.90. The summed E-state index contributed by atoms with van der Waals surface area (Å²) in [6, 6.07) is 29.4. The van der Waals surface area contributed by atoms with Crippen LogP contribution in [0.1, 0.15) is 0 Å². The Balaban J connectivity index is 1.78. The van der Waals surface area contributed by atoms with E-state index in [4.69, 9.17) is 4.42 Å². The summed E-state index contributed by atoms with van der Waals surface area (Å²) in [5.41, 5.74) is 0.971. The molecule has 3 heteroatoms. The van der Waals surface area contributed by atoms with Crippen LogP contribution in [0, 0.1) is 0 Å². The van der Waals surface area contributed by atoms with Crippen molar-refractivity contribution in [3.63, 3.8) is 0 Å². The van der Waals surface area contributed by atoms with E-state index in [1.165, 1.54) is 19.6 Å². The summed E-state index contributed by atoms with van der Waals surface area (Å²) >= 11 is 1.96. The van der Waals surface area contributed by atoms with Crippen LogP contribution in [0.2, 0.25) is 0 Å². The van der Waals surface area contributed by atoms with Crippen molar-refractivity contribution in [1.29, 1.82) is 0 Å². The van der Waals surface area contributed by atoms with E-state index >= 15 is 0 Å². The Hall–Kier alpha value is -1.93. The second-order valence-corrected chi connectivity index (χ2v) is 8.32. The molecule has 3 aromatic carbocycles. The van der Waals surface area contributed by atoms with Gasteiger partial charge < -0.3 is 0 Å². The monoisotopic (exact) mass is 382 g/mol. The quantitative estimate of drug-likeness (QED) is 0.491. The van der Waals surface area contributed by atoms with Gasteiger partial charge >= 0.3 is 146 Å². The Labute approximate surface area is 145 Å². The van der Waals surface area contributed by atoms with Crippen LogP contribution in [0.4, 0.5) is 0 Å². The molecule has 0 fully saturated rings. The molecule has 1 heterocycles. The summed E-state index contributed by atoms with van der Waals surface area (Å²) in [6.07, 6.45) is 0. The Morgan fingerprint density at radius 1 is 0.696 bits per heavy atom. The molecule has 0 saturated heterocycles. The van der Waals surface area contributed by atoms with Crippen LogP contribution in [-0.2, 0) is 0 Å². The van der Waals surface area contributed by atoms with Crippen LogP contribution in [0.5, 0.6) is 0 Å². The van der Waals surface area contributed by atoms with Crippen molar-refractivity contribution in [3.05, 3.63) is 84.9 Å². The molecule has 0 radical (unpaired) electrons. The predicted molar refractivity (Wildman–Crippen MR) is 98.2 cm³/mol. The van der Waals surface area contributed by atoms with Crippen molar-refractivity contribution in [1.82, 2.24) is 0 Å². The van der Waals surface area contributed by atoms with Gasteiger partial charge in [-0.25, -0.2) is 0 Å². The average molecular weight is 381 g/mol. The molecule has 0 atom stereocenters. The minimum atomic E-state index is 0.164. The van der Waals surface area contributed by atoms with Crippen molar-refractivity contribution in [2.24, 2.45) is 0 Å². The number of fused-ring (bicyclic) bond motifs is 1. The molecule has 0 N–H and O–H groups in total. The molecule has 4 rings (SSSR count). The minimum absolute atomic E-state index is 0.164. The number of furan rings is 1. The fourth-order valence-electron chi connectivity index (χ4n) is 2.37. The second-order valence-electron chi connectivity index (χ2n) is 5.05. The summed E-state index contributed by atoms with van der Waals surface area (Å²) in [7, 11) is 0. The Bertz CT molecular complexity index is 916. The van der Waals surface area contributed by atoms with Gasteiger partial charge in [0.15, 0.2) is 0 Å². The first kappa shape index (κ1) is 14.6. The number of rotatable bonds is 4. The second kappa shape index (κ2) is 6.67. The Kier molecular flexibility index (Phi) is 4.25. The molecule has 4 aromatic rings. The van der Waals surface area contributed by atoms with Crippen molar-refractivity contribution in [2.45, 2.75) is 9.79 Å². The molecule has 0 unspecified atom stereocenters. The van der Waals surface area contributed by atoms with Crippen molar-refractivity contribution in [2.75, 3.05) is 0 Å². The molecule has 1 nitrogen and oxygen atoms in total. The van der Waals surface area contributed by atoms with Gasteiger partial charge in [0.2, 0.25) is 0 Å². The van der Waals surface area contributed by atoms with Gasteiger partial charge in [0.05, 0.1) is 0 Å². The first-order valence-electron chi connectivity index (χ1n) is 7.37. The van der Waals surface area contributed by atoms with E-state index in [0.29, 0.717) is 0 Å². The van der Waals surface area contributed by atoms with Gasteiger partial charge in [-0.2, -0.15) is 0 Å². The van der Waals surface area contributed by atoms with Gasteiger partial charge in [0, 0.05) is 0 Å². The zero-order valence-electron chi connectivity index (χ0n) is 12.3. The third-order valence-corrected chi connectivity index (χ3v) is 6.90. The zero-order chi connectivity index (χ0) is 15.5. The Morgan fingerprint density at radius 2 is 1.35 bits per heavy atom. The molecule has 23 heavy (non-hydrogen) atoms. The number of para-hydroxylation sites is 1. The molecule has 1 aromatic heterocycles. The molecule has 0 amide bonds. The van der Waals surface area contributed by atoms with Gasteiger partial charge in [-0.3, -0.25) is 0 Å². The predicted octanol–water partition coefficient (Wildman–Crippen LogP) is 4.24. The molecular weight excluding hydrogens is 367 g/mol. The molecule has 0 aliphatic heterocycles. The number of hydrogen-bond acceptors (Lipinski definition) is 2. The van der Waals surface area contributed by atoms with Crippen LogP contribution in [-0.4, -0.2) is 15.0 Å². The standard InChI is InChI=1S/C20H14OSSe/c1-3-9-15(10-4-1)22-19-17-13-7-8-14-18(17)21-20(19)23-16-11-5-2-6-12-16/h1-14H. The van der Waals surface area contributed by atoms with Crippen molar-refractivity contribution >= 4 is 46.8 Å². The summed E-state index contributed by atoms with van der Waals surface area (Å²) in [6.45, 7) is 0. The SMILES string of the molecule is c1ccc(Sc2c([Se]c3ccccc3)oc3ccccc23)cc1. The van der Waals surface area contributed by atoms with Crippen LogP contribution in [0.25, 0.3) is 11.0 Å². The molecule has 0 bridgehead atoms. The Morgan fingerprint density at radius 3 is 2.13 bits per heavy atom. The summed E-state index contributed by atoms with van der Waals surface area (Å²) < 4.78 is 8.61. The fraction of sp³-hybridized carbons (Fsp3) is 0. The summed E-state index contributed by atoms with van der Waals surface area (Å²) in [4.78, 5) is 2.49. The topological polar surface area (TPSA) is 13.1 Å². The normalized spacial score (nSPS) is 11.0. The third kappa shape index (κ3) is 3.23. The molecule has 0 aliphatic rings. The van der Waals surface area contributed by atoms with Crippen LogP contribution in [0.3, 0.4) is 0 Å². The zero-order valence-corrected chi connectivity index (χ0v) is 14.8. The molecule has 0 saturated carbocycles. The van der Waals surface area contributed by atoms with E-state index in [9.17, 15) is 0 Å². The van der Waals surface area contributed by atoms with Gasteiger partial charge in [0.25, 0.3) is 0 Å². The number of benzene rings is 3. The van der Waals surface area contributed by atoms with Gasteiger partial charge in [-0.15, -0.1) is 0 Å². The van der Waals surface area contributed by atoms with Crippen LogP contribution >= 0.6 is 11.8 Å². The maximum absolute atomic E-state index is 6.18. The maximum atomic E-state index is 6.18. The van der Waals surface area contributed by atoms with E-state index in [1.807, 2.05) is 12.1 Å². The van der Waals surface area contributed by atoms with Crippen LogP contribution < -0.4 is 9.12 Å². The van der Waals surface area contributed by atoms with E-state index < -0.39 is 0 Å².